The highest BCUT2D eigenvalue weighted by atomic mass is 16.2. The van der Waals surface area contributed by atoms with Gasteiger partial charge in [0, 0.05) is 44.6 Å². The molecule has 4 atom stereocenters. The molecular formula is C42H49N9O3. The van der Waals surface area contributed by atoms with Crippen molar-refractivity contribution in [3.8, 4) is 0 Å². The summed E-state index contributed by atoms with van der Waals surface area (Å²) < 4.78 is 0. The normalized spacial score (nSPS) is 17.1. The number of nitrogens with zero attached hydrogens (tertiary/aromatic N) is 2. The molecular weight excluding hydrogens is 679 g/mol. The first-order valence-corrected chi connectivity index (χ1v) is 18.5. The number of hydrogen-bond acceptors (Lipinski definition) is 6. The highest BCUT2D eigenvalue weighted by Gasteiger charge is 2.37. The molecule has 0 aliphatic carbocycles. The Morgan fingerprint density at radius 1 is 0.944 bits per heavy atom. The summed E-state index contributed by atoms with van der Waals surface area (Å²) in [5, 5.41) is 22.4. The predicted molar refractivity (Wildman–Crippen MR) is 211 cm³/mol. The first-order chi connectivity index (χ1) is 26.2. The Morgan fingerprint density at radius 3 is 2.28 bits per heavy atom. The van der Waals surface area contributed by atoms with E-state index in [0.29, 0.717) is 51.0 Å². The summed E-state index contributed by atoms with van der Waals surface area (Å²) in [6.45, 7) is 2.77. The minimum atomic E-state index is -0.987. The Bertz CT molecular complexity index is 1970. The molecule has 2 heterocycles. The van der Waals surface area contributed by atoms with Gasteiger partial charge in [-0.15, -0.1) is 0 Å². The Hall–Kier alpha value is -6.01. The number of fused-ring (bicyclic) bond motifs is 1. The van der Waals surface area contributed by atoms with Gasteiger partial charge in [-0.3, -0.25) is 19.8 Å². The molecule has 54 heavy (non-hydrogen) atoms. The average molecular weight is 728 g/mol. The Kier molecular flexibility index (Phi) is 12.7. The second kappa shape index (κ2) is 18.2. The van der Waals surface area contributed by atoms with Gasteiger partial charge < -0.3 is 36.9 Å². The van der Waals surface area contributed by atoms with Crippen LogP contribution in [0.3, 0.4) is 0 Å². The molecule has 6 rings (SSSR count). The molecule has 0 bridgehead atoms. The van der Waals surface area contributed by atoms with Crippen LogP contribution in [0.2, 0.25) is 0 Å². The van der Waals surface area contributed by atoms with Crippen molar-refractivity contribution in [2.45, 2.75) is 62.7 Å². The summed E-state index contributed by atoms with van der Waals surface area (Å²) >= 11 is 0. The maximum Gasteiger partial charge on any atom is 0.249 e. The minimum Gasteiger partial charge on any atom is -0.370 e. The van der Waals surface area contributed by atoms with Gasteiger partial charge in [-0.1, -0.05) is 103 Å². The molecule has 1 saturated heterocycles. The second-order valence-electron chi connectivity index (χ2n) is 13.9. The summed E-state index contributed by atoms with van der Waals surface area (Å²) in [7, 11) is 0. The fourth-order valence-electron chi connectivity index (χ4n) is 7.36. The topological polar surface area (TPSA) is 181 Å². The molecule has 12 heteroatoms. The van der Waals surface area contributed by atoms with Gasteiger partial charge in [0.2, 0.25) is 17.7 Å². The van der Waals surface area contributed by atoms with Crippen molar-refractivity contribution in [2.24, 2.45) is 5.73 Å². The van der Waals surface area contributed by atoms with Gasteiger partial charge in [-0.05, 0) is 53.1 Å². The van der Waals surface area contributed by atoms with Crippen molar-refractivity contribution in [1.29, 1.82) is 5.41 Å². The lowest BCUT2D eigenvalue weighted by Crippen LogP contribution is -2.56. The zero-order chi connectivity index (χ0) is 37.9. The number of aromatic nitrogens is 2. The summed E-state index contributed by atoms with van der Waals surface area (Å²) in [4.78, 5) is 50.0. The van der Waals surface area contributed by atoms with E-state index in [2.05, 4.69) is 85.8 Å². The van der Waals surface area contributed by atoms with Crippen LogP contribution in [-0.2, 0) is 20.8 Å². The second-order valence-corrected chi connectivity index (χ2v) is 13.9. The van der Waals surface area contributed by atoms with Crippen LogP contribution in [0.1, 0.15) is 60.5 Å². The van der Waals surface area contributed by atoms with Crippen LogP contribution in [0.25, 0.3) is 10.8 Å². The van der Waals surface area contributed by atoms with Crippen LogP contribution in [0.5, 0.6) is 0 Å². The Balaban J connectivity index is 1.32. The number of rotatable bonds is 15. The van der Waals surface area contributed by atoms with Gasteiger partial charge in [0.15, 0.2) is 5.96 Å². The molecule has 4 aromatic carbocycles. The van der Waals surface area contributed by atoms with Crippen molar-refractivity contribution >= 4 is 34.5 Å². The molecule has 1 aliphatic rings. The maximum absolute atomic E-state index is 14.6. The predicted octanol–water partition coefficient (Wildman–Crippen LogP) is 4.12. The maximum atomic E-state index is 14.6. The van der Waals surface area contributed by atoms with Crippen LogP contribution >= 0.6 is 0 Å². The highest BCUT2D eigenvalue weighted by molar-refractivity contribution is 5.88. The van der Waals surface area contributed by atoms with Crippen molar-refractivity contribution in [3.63, 3.8) is 0 Å². The van der Waals surface area contributed by atoms with Crippen molar-refractivity contribution in [1.82, 2.24) is 36.1 Å². The molecule has 1 unspecified atom stereocenters. The summed E-state index contributed by atoms with van der Waals surface area (Å²) in [6.07, 6.45) is 5.13. The number of carbonyl (C=O) groups is 3. The van der Waals surface area contributed by atoms with E-state index < -0.39 is 18.1 Å². The molecule has 1 fully saturated rings. The molecule has 0 saturated carbocycles. The zero-order valence-electron chi connectivity index (χ0n) is 30.5. The number of hydrogen-bond donors (Lipinski definition) is 7. The van der Waals surface area contributed by atoms with Crippen molar-refractivity contribution < 1.29 is 14.4 Å². The highest BCUT2D eigenvalue weighted by Crippen LogP contribution is 2.28. The lowest BCUT2D eigenvalue weighted by Gasteiger charge is -2.31. The van der Waals surface area contributed by atoms with Gasteiger partial charge >= 0.3 is 0 Å². The number of guanidine groups is 1. The van der Waals surface area contributed by atoms with Gasteiger partial charge in [0.25, 0.3) is 0 Å². The molecule has 5 aromatic rings. The summed E-state index contributed by atoms with van der Waals surface area (Å²) in [5.74, 6) is -0.914. The third-order valence-corrected chi connectivity index (χ3v) is 10.0. The lowest BCUT2D eigenvalue weighted by atomic mass is 9.90. The number of carbonyl (C=O) groups excluding carboxylic acids is 3. The monoisotopic (exact) mass is 727 g/mol. The Labute approximate surface area is 315 Å². The van der Waals surface area contributed by atoms with Gasteiger partial charge in [-0.2, -0.15) is 0 Å². The van der Waals surface area contributed by atoms with Crippen LogP contribution in [-0.4, -0.2) is 76.3 Å². The fraction of sp³-hybridized carbons (Fsp3) is 0.310. The lowest BCUT2D eigenvalue weighted by molar-refractivity contribution is -0.133. The van der Waals surface area contributed by atoms with E-state index in [1.165, 1.54) is 19.4 Å². The third kappa shape index (κ3) is 9.90. The Morgan fingerprint density at radius 2 is 1.63 bits per heavy atom. The number of nitrogens with one attached hydrogen (secondary N) is 6. The van der Waals surface area contributed by atoms with Gasteiger partial charge in [0.05, 0.1) is 24.3 Å². The molecule has 3 amide bonds. The number of nitrogens with two attached hydrogens (primary N) is 1. The van der Waals surface area contributed by atoms with Crippen molar-refractivity contribution in [3.05, 3.63) is 138 Å². The average Bonchev–Trinajstić information content (AvgIpc) is 3.67. The van der Waals surface area contributed by atoms with Gasteiger partial charge in [0.1, 0.15) is 6.04 Å². The van der Waals surface area contributed by atoms with E-state index in [4.69, 9.17) is 11.1 Å². The third-order valence-electron chi connectivity index (χ3n) is 10.0. The molecule has 12 nitrogen and oxygen atoms in total. The molecule has 1 aliphatic heterocycles. The smallest absolute Gasteiger partial charge is 0.249 e. The number of H-pyrrole nitrogens is 1. The van der Waals surface area contributed by atoms with Crippen molar-refractivity contribution in [2.75, 3.05) is 19.6 Å². The van der Waals surface area contributed by atoms with E-state index in [1.807, 2.05) is 53.4 Å². The van der Waals surface area contributed by atoms with Crippen LogP contribution in [0.15, 0.2) is 116 Å². The summed E-state index contributed by atoms with van der Waals surface area (Å²) in [5.41, 5.74) is 9.30. The fourth-order valence-corrected chi connectivity index (χ4v) is 7.36. The largest absolute Gasteiger partial charge is 0.370 e. The quantitative estimate of drug-likeness (QED) is 0.0481. The van der Waals surface area contributed by atoms with E-state index in [-0.39, 0.29) is 35.6 Å². The SMILES string of the molecule is CC(=O)NC(C(=O)N[C@@H](Cc1ccc2ccccc2c1)[C@H]1CCN(CC(c2ccccc2)c2ccccc2)C(=O)[C@H](CCCNC(=N)N)N1)c1cnc[nH]1. The van der Waals surface area contributed by atoms with E-state index in [9.17, 15) is 14.4 Å². The number of amides is 3. The number of imidazole rings is 1. The van der Waals surface area contributed by atoms with Crippen LogP contribution < -0.4 is 27.0 Å². The van der Waals surface area contributed by atoms with E-state index in [0.717, 1.165) is 27.5 Å². The number of benzene rings is 4. The first-order valence-electron chi connectivity index (χ1n) is 18.5. The number of aromatic amines is 1. The first kappa shape index (κ1) is 37.7. The molecule has 0 spiro atoms. The standard InChI is InChI=1S/C42H49N9O3/c1-28(52)48-39(38-25-45-27-47-38)40(53)50-37(24-29-18-19-30-11-8-9-16-33(30)23-29)35-20-22-51(41(54)36(49-35)17-10-21-46-42(43)44)26-34(31-12-4-2-5-13-31)32-14-6-3-7-15-32/h2-9,11-16,18-19,23,25,27,34-37,39,49H,10,17,20-22,24,26H2,1H3,(H,45,47)(H,48,52)(H,50,53)(H4,43,44,46)/t35-,36+,37+,39?/m1/s1. The molecule has 8 N–H and O–H groups in total. The van der Waals surface area contributed by atoms with Gasteiger partial charge in [-0.25, -0.2) is 4.98 Å². The minimum absolute atomic E-state index is 0.0125. The van der Waals surface area contributed by atoms with E-state index in [1.54, 1.807) is 0 Å². The van der Waals surface area contributed by atoms with E-state index >= 15 is 0 Å². The van der Waals surface area contributed by atoms with Crippen LogP contribution in [0.4, 0.5) is 0 Å². The zero-order valence-corrected chi connectivity index (χ0v) is 30.5. The summed E-state index contributed by atoms with van der Waals surface area (Å²) in [6, 6.07) is 32.6. The van der Waals surface area contributed by atoms with Crippen LogP contribution in [0, 0.1) is 5.41 Å². The molecule has 0 radical (unpaired) electrons. The molecule has 1 aromatic heterocycles. The molecule has 280 valence electrons.